The fraction of sp³-hybridized carbons (Fsp3) is 0.952. The van der Waals surface area contributed by atoms with Crippen molar-refractivity contribution in [2.45, 2.75) is 105 Å². The van der Waals surface area contributed by atoms with Crippen LogP contribution in [-0.2, 0) is 23.7 Å². The molecular formula is C21H38O18. The van der Waals surface area contributed by atoms with E-state index in [0.717, 1.165) is 0 Å². The number of rotatable bonds is 13. The van der Waals surface area contributed by atoms with Crippen molar-refractivity contribution in [3.8, 4) is 0 Å². The molecule has 0 aromatic carbocycles. The van der Waals surface area contributed by atoms with Gasteiger partial charge >= 0.3 is 0 Å². The summed E-state index contributed by atoms with van der Waals surface area (Å²) < 4.78 is 20.8. The van der Waals surface area contributed by atoms with Crippen LogP contribution in [-0.4, -0.2) is 184 Å². The first kappa shape index (κ1) is 34.2. The zero-order valence-corrected chi connectivity index (χ0v) is 20.8. The van der Waals surface area contributed by atoms with Gasteiger partial charge in [-0.15, -0.1) is 0 Å². The zero-order valence-electron chi connectivity index (χ0n) is 20.8. The predicted molar refractivity (Wildman–Crippen MR) is 119 cm³/mol. The lowest BCUT2D eigenvalue weighted by Crippen LogP contribution is -2.62. The first-order valence-electron chi connectivity index (χ1n) is 12.0. The molecule has 13 N–H and O–H groups in total. The van der Waals surface area contributed by atoms with Gasteiger partial charge in [0.1, 0.15) is 73.2 Å². The molecule has 2 rings (SSSR count). The smallest absolute Gasteiger partial charge is 0.226 e. The number of ketones is 1. The molecule has 2 saturated heterocycles. The first-order valence-corrected chi connectivity index (χ1v) is 12.0. The summed E-state index contributed by atoms with van der Waals surface area (Å²) in [4.78, 5) is 11.9. The van der Waals surface area contributed by atoms with Crippen LogP contribution >= 0.6 is 0 Å². The van der Waals surface area contributed by atoms with E-state index in [1.165, 1.54) is 6.92 Å². The highest BCUT2D eigenvalue weighted by Crippen LogP contribution is 2.26. The van der Waals surface area contributed by atoms with Crippen molar-refractivity contribution >= 4 is 5.78 Å². The molecule has 0 spiro atoms. The Morgan fingerprint density at radius 1 is 0.769 bits per heavy atom. The van der Waals surface area contributed by atoms with Gasteiger partial charge in [0.25, 0.3) is 0 Å². The molecule has 2 heterocycles. The normalized spacial score (nSPS) is 39.1. The molecule has 0 aromatic heterocycles. The monoisotopic (exact) mass is 578 g/mol. The van der Waals surface area contributed by atoms with Crippen molar-refractivity contribution in [2.24, 2.45) is 0 Å². The average Bonchev–Trinajstić information content (AvgIpc) is 2.92. The largest absolute Gasteiger partial charge is 0.394 e. The maximum atomic E-state index is 11.9. The Balaban J connectivity index is 1.97. The van der Waals surface area contributed by atoms with E-state index in [1.54, 1.807) is 0 Å². The number of Topliss-reactive ketones (excluding diaryl/α,β-unsaturated/α-hetero) is 1. The van der Waals surface area contributed by atoms with E-state index in [0.29, 0.717) is 0 Å². The molecule has 0 aliphatic carbocycles. The summed E-state index contributed by atoms with van der Waals surface area (Å²) in [6, 6.07) is 0. The van der Waals surface area contributed by atoms with Gasteiger partial charge in [0.05, 0.1) is 19.8 Å². The molecular weight excluding hydrogens is 540 g/mol. The molecule has 2 aliphatic heterocycles. The van der Waals surface area contributed by atoms with Crippen LogP contribution in [0.15, 0.2) is 0 Å². The summed E-state index contributed by atoms with van der Waals surface area (Å²) >= 11 is 0. The second kappa shape index (κ2) is 14.2. The highest BCUT2D eigenvalue weighted by Gasteiger charge is 2.48. The van der Waals surface area contributed by atoms with E-state index >= 15 is 0 Å². The molecule has 0 aromatic rings. The number of hydrogen-bond donors (Lipinski definition) is 13. The van der Waals surface area contributed by atoms with Gasteiger partial charge in [-0.3, -0.25) is 4.79 Å². The molecule has 2 fully saturated rings. The molecule has 0 bridgehead atoms. The molecule has 0 amide bonds. The maximum absolute atomic E-state index is 11.9. The fourth-order valence-corrected chi connectivity index (χ4v) is 3.86. The number of carbonyl (C=O) groups is 1. The molecule has 18 nitrogen and oxygen atoms in total. The summed E-state index contributed by atoms with van der Waals surface area (Å²) in [7, 11) is 0. The number of ether oxygens (including phenoxy) is 4. The summed E-state index contributed by atoms with van der Waals surface area (Å²) in [5.41, 5.74) is 0. The van der Waals surface area contributed by atoms with Gasteiger partial charge in [-0.05, 0) is 0 Å². The second-order valence-electron chi connectivity index (χ2n) is 9.41. The predicted octanol–water partition coefficient (Wildman–Crippen LogP) is -8.27. The molecule has 0 unspecified atom stereocenters. The van der Waals surface area contributed by atoms with E-state index in [2.05, 4.69) is 0 Å². The lowest BCUT2D eigenvalue weighted by atomic mass is 9.95. The van der Waals surface area contributed by atoms with Gasteiger partial charge in [-0.25, -0.2) is 0 Å². The molecule has 18 heteroatoms. The Hall–Kier alpha value is -1.01. The SMILES string of the molecule is CCC(O)(O)C(=O)[C@H](O)[C@@H](O)[C@H](O)[C@H](O)CO[C@H]1O[C@H](CO[C@H]2O[C@H](CO)[C@@H](O)[C@H](O)[C@H]2O)[C@@H](O)[C@H](O)[C@H]1O. The Bertz CT molecular complexity index is 767. The third kappa shape index (κ3) is 7.84. The van der Waals surface area contributed by atoms with Crippen LogP contribution in [0.5, 0.6) is 0 Å². The lowest BCUT2D eigenvalue weighted by Gasteiger charge is -2.42. The lowest BCUT2D eigenvalue weighted by molar-refractivity contribution is -0.333. The Morgan fingerprint density at radius 2 is 1.26 bits per heavy atom. The van der Waals surface area contributed by atoms with Crippen molar-refractivity contribution in [1.29, 1.82) is 0 Å². The van der Waals surface area contributed by atoms with Crippen molar-refractivity contribution in [3.05, 3.63) is 0 Å². The maximum Gasteiger partial charge on any atom is 0.226 e. The number of hydrogen-bond acceptors (Lipinski definition) is 18. The van der Waals surface area contributed by atoms with Crippen molar-refractivity contribution < 1.29 is 90.1 Å². The highest BCUT2D eigenvalue weighted by atomic mass is 16.7. The third-order valence-electron chi connectivity index (χ3n) is 6.60. The molecule has 39 heavy (non-hydrogen) atoms. The van der Waals surface area contributed by atoms with E-state index in [4.69, 9.17) is 18.9 Å². The number of aliphatic hydroxyl groups excluding tert-OH is 11. The fourth-order valence-electron chi connectivity index (χ4n) is 3.86. The van der Waals surface area contributed by atoms with Crippen molar-refractivity contribution in [3.63, 3.8) is 0 Å². The van der Waals surface area contributed by atoms with Crippen LogP contribution in [0.1, 0.15) is 13.3 Å². The molecule has 14 atom stereocenters. The zero-order chi connectivity index (χ0) is 29.8. The molecule has 230 valence electrons. The van der Waals surface area contributed by atoms with Gasteiger partial charge in [0.2, 0.25) is 11.6 Å². The van der Waals surface area contributed by atoms with Gasteiger partial charge in [-0.2, -0.15) is 0 Å². The summed E-state index contributed by atoms with van der Waals surface area (Å²) in [6.07, 6.45) is -26.8. The number of carbonyl (C=O) groups excluding carboxylic acids is 1. The summed E-state index contributed by atoms with van der Waals surface area (Å²) in [6.45, 7) is -1.14. The average molecular weight is 579 g/mol. The third-order valence-corrected chi connectivity index (χ3v) is 6.60. The second-order valence-corrected chi connectivity index (χ2v) is 9.41. The van der Waals surface area contributed by atoms with Gasteiger partial charge in [0, 0.05) is 6.42 Å². The van der Waals surface area contributed by atoms with Gasteiger partial charge in [0.15, 0.2) is 12.6 Å². The van der Waals surface area contributed by atoms with Gasteiger partial charge in [-0.1, -0.05) is 6.92 Å². The van der Waals surface area contributed by atoms with E-state index in [9.17, 15) is 71.2 Å². The van der Waals surface area contributed by atoms with Crippen molar-refractivity contribution in [2.75, 3.05) is 19.8 Å². The van der Waals surface area contributed by atoms with Crippen LogP contribution < -0.4 is 0 Å². The van der Waals surface area contributed by atoms with Crippen LogP contribution in [0, 0.1) is 0 Å². The van der Waals surface area contributed by atoms with E-state index in [-0.39, 0.29) is 0 Å². The minimum absolute atomic E-state index is 0.552. The molecule has 2 aliphatic rings. The topological polar surface area (TPSA) is 317 Å². The van der Waals surface area contributed by atoms with E-state index < -0.39 is 124 Å². The standard InChI is InChI=1S/C21H38O18/c1-2-21(34,35)18(33)15(30)12(27)9(24)6(23)4-36-19-17(32)14(29)11(26)8(39-19)5-37-20-16(31)13(28)10(25)7(3-22)38-20/h6-17,19-20,22-32,34-35H,2-5H2,1H3/t6-,7-,8-,9-,10-,11-,12+,13+,14+,15-,16-,17-,19+,20+/m1/s1. The Labute approximate surface area is 221 Å². The summed E-state index contributed by atoms with van der Waals surface area (Å²) in [5, 5.41) is 128. The van der Waals surface area contributed by atoms with Crippen LogP contribution in [0.25, 0.3) is 0 Å². The minimum Gasteiger partial charge on any atom is -0.394 e. The van der Waals surface area contributed by atoms with Crippen LogP contribution in [0.4, 0.5) is 0 Å². The quantitative estimate of drug-likeness (QED) is 0.0902. The first-order chi connectivity index (χ1) is 18.1. The van der Waals surface area contributed by atoms with Crippen LogP contribution in [0.3, 0.4) is 0 Å². The van der Waals surface area contributed by atoms with Crippen LogP contribution in [0.2, 0.25) is 0 Å². The Morgan fingerprint density at radius 3 is 1.77 bits per heavy atom. The summed E-state index contributed by atoms with van der Waals surface area (Å²) in [5.74, 6) is -4.65. The number of aliphatic hydroxyl groups is 13. The Kier molecular flexibility index (Phi) is 12.5. The highest BCUT2D eigenvalue weighted by molar-refractivity contribution is 5.89. The minimum atomic E-state index is -3.01. The molecule has 0 radical (unpaired) electrons. The van der Waals surface area contributed by atoms with Crippen molar-refractivity contribution in [1.82, 2.24) is 0 Å². The van der Waals surface area contributed by atoms with E-state index in [1.807, 2.05) is 0 Å². The van der Waals surface area contributed by atoms with Gasteiger partial charge < -0.3 is 85.3 Å². The molecule has 0 saturated carbocycles.